The summed E-state index contributed by atoms with van der Waals surface area (Å²) in [4.78, 5) is 11.3. The molecule has 0 radical (unpaired) electrons. The molecule has 1 aliphatic heterocycles. The smallest absolute Gasteiger partial charge is 0.336 e. The van der Waals surface area contributed by atoms with Crippen LogP contribution in [0.5, 0.6) is 11.5 Å². The van der Waals surface area contributed by atoms with Crippen molar-refractivity contribution in [3.63, 3.8) is 0 Å². The molecule has 1 aromatic carbocycles. The number of hydrogen-bond acceptors (Lipinski definition) is 4. The van der Waals surface area contributed by atoms with Crippen molar-refractivity contribution >= 4 is 11.0 Å². The van der Waals surface area contributed by atoms with Crippen molar-refractivity contribution in [3.8, 4) is 11.5 Å². The van der Waals surface area contributed by atoms with Crippen molar-refractivity contribution in [1.29, 1.82) is 0 Å². The largest absolute Gasteiger partial charge is 0.490 e. The van der Waals surface area contributed by atoms with E-state index in [2.05, 4.69) is 6.92 Å². The molecule has 0 aliphatic carbocycles. The van der Waals surface area contributed by atoms with Gasteiger partial charge in [-0.3, -0.25) is 0 Å². The minimum atomic E-state index is -0.387. The van der Waals surface area contributed by atoms with Crippen LogP contribution in [0.3, 0.4) is 0 Å². The normalized spacial score (nSPS) is 17.9. The first-order valence-corrected chi connectivity index (χ1v) is 5.48. The predicted molar refractivity (Wildman–Crippen MR) is 62.9 cm³/mol. The van der Waals surface area contributed by atoms with Crippen molar-refractivity contribution < 1.29 is 13.9 Å². The van der Waals surface area contributed by atoms with E-state index in [1.807, 2.05) is 6.07 Å². The Bertz CT molecular complexity index is 642. The zero-order chi connectivity index (χ0) is 12.0. The summed E-state index contributed by atoms with van der Waals surface area (Å²) in [6, 6.07) is 5.15. The summed E-state index contributed by atoms with van der Waals surface area (Å²) in [5, 5.41) is 0.859. The van der Waals surface area contributed by atoms with Gasteiger partial charge in [0.1, 0.15) is 0 Å². The first-order chi connectivity index (χ1) is 8.20. The molecule has 1 aromatic heterocycles. The molecule has 88 valence electrons. The van der Waals surface area contributed by atoms with Crippen LogP contribution >= 0.6 is 0 Å². The fourth-order valence-electron chi connectivity index (χ4n) is 2.18. The summed E-state index contributed by atoms with van der Waals surface area (Å²) in [7, 11) is 1.55. The second-order valence-corrected chi connectivity index (χ2v) is 4.21. The van der Waals surface area contributed by atoms with Crippen molar-refractivity contribution in [3.05, 3.63) is 34.2 Å². The first kappa shape index (κ1) is 10.2. The molecule has 4 heteroatoms. The lowest BCUT2D eigenvalue weighted by molar-refractivity contribution is 0.313. The molecule has 0 N–H and O–H groups in total. The Morgan fingerprint density at radius 2 is 2.24 bits per heavy atom. The molecule has 1 atom stereocenters. The highest BCUT2D eigenvalue weighted by Crippen LogP contribution is 2.45. The Morgan fingerprint density at radius 1 is 1.41 bits per heavy atom. The third-order valence-corrected chi connectivity index (χ3v) is 3.06. The summed E-state index contributed by atoms with van der Waals surface area (Å²) >= 11 is 0. The number of methoxy groups -OCH3 is 1. The molecule has 0 saturated carbocycles. The van der Waals surface area contributed by atoms with Crippen LogP contribution in [0.2, 0.25) is 0 Å². The van der Waals surface area contributed by atoms with Gasteiger partial charge in [0.25, 0.3) is 0 Å². The van der Waals surface area contributed by atoms with Crippen molar-refractivity contribution in [1.82, 2.24) is 0 Å². The highest BCUT2D eigenvalue weighted by molar-refractivity contribution is 5.87. The number of hydrogen-bond donors (Lipinski definition) is 0. The van der Waals surface area contributed by atoms with Gasteiger partial charge in [0.15, 0.2) is 11.3 Å². The number of benzene rings is 1. The molecule has 1 aliphatic rings. The maximum absolute atomic E-state index is 11.3. The zero-order valence-corrected chi connectivity index (χ0v) is 9.65. The standard InChI is InChI=1S/C13H12O4/c1-7-6-16-12-9(7)5-8-3-4-10(14)17-11(8)13(12)15-2/h3-5,7H,6H2,1-2H3. The van der Waals surface area contributed by atoms with E-state index in [-0.39, 0.29) is 5.63 Å². The fourth-order valence-corrected chi connectivity index (χ4v) is 2.18. The van der Waals surface area contributed by atoms with Crippen LogP contribution in [0.25, 0.3) is 11.0 Å². The van der Waals surface area contributed by atoms with Gasteiger partial charge >= 0.3 is 5.63 Å². The van der Waals surface area contributed by atoms with E-state index in [9.17, 15) is 4.79 Å². The number of ether oxygens (including phenoxy) is 2. The maximum Gasteiger partial charge on any atom is 0.336 e. The Kier molecular flexibility index (Phi) is 2.11. The van der Waals surface area contributed by atoms with E-state index in [1.54, 1.807) is 13.2 Å². The molecule has 2 aromatic rings. The van der Waals surface area contributed by atoms with Crippen molar-refractivity contribution in [2.75, 3.05) is 13.7 Å². The average molecular weight is 232 g/mol. The molecule has 0 bridgehead atoms. The van der Waals surface area contributed by atoms with Gasteiger partial charge in [-0.25, -0.2) is 4.79 Å². The third-order valence-electron chi connectivity index (χ3n) is 3.06. The van der Waals surface area contributed by atoms with E-state index in [1.165, 1.54) is 6.07 Å². The van der Waals surface area contributed by atoms with Crippen LogP contribution in [-0.2, 0) is 0 Å². The predicted octanol–water partition coefficient (Wildman–Crippen LogP) is 2.30. The highest BCUT2D eigenvalue weighted by Gasteiger charge is 2.27. The zero-order valence-electron chi connectivity index (χ0n) is 9.65. The monoisotopic (exact) mass is 232 g/mol. The summed E-state index contributed by atoms with van der Waals surface area (Å²) in [6.45, 7) is 2.72. The maximum atomic E-state index is 11.3. The summed E-state index contributed by atoms with van der Waals surface area (Å²) in [5.74, 6) is 1.54. The minimum Gasteiger partial charge on any atom is -0.490 e. The minimum absolute atomic E-state index is 0.329. The second kappa shape index (κ2) is 3.52. The lowest BCUT2D eigenvalue weighted by Gasteiger charge is -2.09. The Hall–Kier alpha value is -1.97. The van der Waals surface area contributed by atoms with Crippen molar-refractivity contribution in [2.45, 2.75) is 12.8 Å². The fraction of sp³-hybridized carbons (Fsp3) is 0.308. The molecule has 2 heterocycles. The van der Waals surface area contributed by atoms with Gasteiger partial charge in [-0.05, 0) is 12.1 Å². The van der Waals surface area contributed by atoms with E-state index in [0.717, 1.165) is 10.9 Å². The lowest BCUT2D eigenvalue weighted by Crippen LogP contribution is -1.97. The molecule has 17 heavy (non-hydrogen) atoms. The van der Waals surface area contributed by atoms with Crippen LogP contribution in [-0.4, -0.2) is 13.7 Å². The molecular weight excluding hydrogens is 220 g/mol. The number of fused-ring (bicyclic) bond motifs is 2. The average Bonchev–Trinajstić information content (AvgIpc) is 2.68. The molecular formula is C13H12O4. The topological polar surface area (TPSA) is 48.7 Å². The van der Waals surface area contributed by atoms with E-state index in [0.29, 0.717) is 29.6 Å². The van der Waals surface area contributed by atoms with E-state index >= 15 is 0 Å². The molecule has 1 unspecified atom stereocenters. The molecule has 0 spiro atoms. The molecule has 3 rings (SSSR count). The molecule has 4 nitrogen and oxygen atoms in total. The van der Waals surface area contributed by atoms with Crippen LogP contribution in [0, 0.1) is 0 Å². The first-order valence-electron chi connectivity index (χ1n) is 5.48. The Morgan fingerprint density at radius 3 is 3.00 bits per heavy atom. The molecule has 0 amide bonds. The second-order valence-electron chi connectivity index (χ2n) is 4.21. The van der Waals surface area contributed by atoms with Gasteiger partial charge in [-0.2, -0.15) is 0 Å². The van der Waals surface area contributed by atoms with E-state index < -0.39 is 0 Å². The summed E-state index contributed by atoms with van der Waals surface area (Å²) in [5.41, 5.74) is 1.16. The van der Waals surface area contributed by atoms with Crippen LogP contribution in [0.15, 0.2) is 27.4 Å². The highest BCUT2D eigenvalue weighted by atomic mass is 16.5. The van der Waals surface area contributed by atoms with Gasteiger partial charge in [0, 0.05) is 22.9 Å². The number of rotatable bonds is 1. The van der Waals surface area contributed by atoms with Crippen LogP contribution in [0.1, 0.15) is 18.4 Å². The quantitative estimate of drug-likeness (QED) is 0.708. The van der Waals surface area contributed by atoms with Gasteiger partial charge in [0.2, 0.25) is 5.75 Å². The third kappa shape index (κ3) is 1.40. The van der Waals surface area contributed by atoms with Crippen molar-refractivity contribution in [2.24, 2.45) is 0 Å². The van der Waals surface area contributed by atoms with Gasteiger partial charge in [0.05, 0.1) is 13.7 Å². The van der Waals surface area contributed by atoms with Gasteiger partial charge in [-0.1, -0.05) is 6.92 Å². The SMILES string of the molecule is COc1c2c(cc3ccc(=O)oc13)C(C)CO2. The van der Waals surface area contributed by atoms with Crippen LogP contribution < -0.4 is 15.1 Å². The molecule has 0 fully saturated rings. The summed E-state index contributed by atoms with van der Waals surface area (Å²) in [6.07, 6.45) is 0. The van der Waals surface area contributed by atoms with Gasteiger partial charge in [-0.15, -0.1) is 0 Å². The Labute approximate surface area is 97.8 Å². The van der Waals surface area contributed by atoms with Gasteiger partial charge < -0.3 is 13.9 Å². The molecule has 0 saturated heterocycles. The lowest BCUT2D eigenvalue weighted by atomic mass is 10.0. The van der Waals surface area contributed by atoms with Crippen LogP contribution in [0.4, 0.5) is 0 Å². The summed E-state index contributed by atoms with van der Waals surface area (Å²) < 4.78 is 16.1. The van der Waals surface area contributed by atoms with E-state index in [4.69, 9.17) is 13.9 Å². The Balaban J connectivity index is 2.43.